The molecule has 0 N–H and O–H groups in total. The highest BCUT2D eigenvalue weighted by Crippen LogP contribution is 2.36. The first-order valence-corrected chi connectivity index (χ1v) is 8.58. The van der Waals surface area contributed by atoms with Crippen LogP contribution in [0.25, 0.3) is 0 Å². The second kappa shape index (κ2) is 6.05. The molecular formula is C18H18B2O4. The van der Waals surface area contributed by atoms with Gasteiger partial charge < -0.3 is 18.6 Å². The van der Waals surface area contributed by atoms with Crippen LogP contribution in [0.15, 0.2) is 60.7 Å². The molecule has 1 aliphatic carbocycles. The van der Waals surface area contributed by atoms with Crippen LogP contribution in [0.3, 0.4) is 0 Å². The molecule has 3 fully saturated rings. The molecule has 2 saturated heterocycles. The SMILES string of the molecule is c1ccc(B2O[C@H]3C[C@@H]4OB(c5ccccc5)O[C@@H]4C[C@H]3O2)cc1. The smallest absolute Gasteiger partial charge is 0.402 e. The van der Waals surface area contributed by atoms with E-state index in [1.807, 2.05) is 60.7 Å². The van der Waals surface area contributed by atoms with Crippen molar-refractivity contribution in [2.75, 3.05) is 0 Å². The predicted octanol–water partition coefficient (Wildman–Crippen LogP) is 1.14. The van der Waals surface area contributed by atoms with E-state index in [-0.39, 0.29) is 38.7 Å². The molecule has 2 aromatic carbocycles. The zero-order chi connectivity index (χ0) is 15.9. The molecule has 0 amide bonds. The maximum atomic E-state index is 6.14. The van der Waals surface area contributed by atoms with E-state index in [9.17, 15) is 0 Å². The Hall–Kier alpha value is -1.59. The molecule has 0 radical (unpaired) electrons. The molecule has 5 rings (SSSR count). The Labute approximate surface area is 142 Å². The molecule has 4 atom stereocenters. The van der Waals surface area contributed by atoms with Gasteiger partial charge >= 0.3 is 14.2 Å². The first-order chi connectivity index (χ1) is 11.9. The summed E-state index contributed by atoms with van der Waals surface area (Å²) in [7, 11) is -0.546. The van der Waals surface area contributed by atoms with Gasteiger partial charge in [-0.2, -0.15) is 0 Å². The Balaban J connectivity index is 1.28. The number of rotatable bonds is 2. The molecule has 24 heavy (non-hydrogen) atoms. The van der Waals surface area contributed by atoms with Crippen molar-refractivity contribution < 1.29 is 18.6 Å². The minimum Gasteiger partial charge on any atom is -0.402 e. The molecule has 120 valence electrons. The quantitative estimate of drug-likeness (QED) is 0.778. The fourth-order valence-corrected chi connectivity index (χ4v) is 3.87. The lowest BCUT2D eigenvalue weighted by atomic mass is 9.79. The molecule has 2 heterocycles. The second-order valence-corrected chi connectivity index (χ2v) is 6.65. The van der Waals surface area contributed by atoms with Crippen molar-refractivity contribution in [3.8, 4) is 0 Å². The highest BCUT2D eigenvalue weighted by molar-refractivity contribution is 6.62. The highest BCUT2D eigenvalue weighted by Gasteiger charge is 2.52. The largest absolute Gasteiger partial charge is 0.494 e. The van der Waals surface area contributed by atoms with Gasteiger partial charge in [-0.1, -0.05) is 60.7 Å². The van der Waals surface area contributed by atoms with E-state index in [1.54, 1.807) is 0 Å². The van der Waals surface area contributed by atoms with Crippen LogP contribution in [0.5, 0.6) is 0 Å². The minimum absolute atomic E-state index is 0.0783. The van der Waals surface area contributed by atoms with Crippen molar-refractivity contribution in [2.45, 2.75) is 37.3 Å². The molecule has 3 aliphatic rings. The average Bonchev–Trinajstić information content (AvgIpc) is 3.24. The van der Waals surface area contributed by atoms with E-state index < -0.39 is 0 Å². The molecule has 4 nitrogen and oxygen atoms in total. The highest BCUT2D eigenvalue weighted by atomic mass is 16.7. The van der Waals surface area contributed by atoms with Gasteiger partial charge in [0.1, 0.15) is 0 Å². The van der Waals surface area contributed by atoms with Gasteiger partial charge in [-0.15, -0.1) is 0 Å². The van der Waals surface area contributed by atoms with E-state index in [4.69, 9.17) is 18.6 Å². The Morgan fingerprint density at radius 2 is 0.875 bits per heavy atom. The van der Waals surface area contributed by atoms with Crippen molar-refractivity contribution >= 4 is 25.2 Å². The summed E-state index contributed by atoms with van der Waals surface area (Å²) < 4.78 is 24.6. The van der Waals surface area contributed by atoms with E-state index in [0.717, 1.165) is 23.8 Å². The summed E-state index contributed by atoms with van der Waals surface area (Å²) in [4.78, 5) is 0. The zero-order valence-corrected chi connectivity index (χ0v) is 13.3. The summed E-state index contributed by atoms with van der Waals surface area (Å²) >= 11 is 0. The summed E-state index contributed by atoms with van der Waals surface area (Å²) in [6, 6.07) is 20.2. The van der Waals surface area contributed by atoms with Gasteiger partial charge in [-0.05, 0) is 10.9 Å². The molecule has 6 heteroatoms. The van der Waals surface area contributed by atoms with Crippen LogP contribution < -0.4 is 10.9 Å². The summed E-state index contributed by atoms with van der Waals surface area (Å²) in [5.41, 5.74) is 2.14. The molecule has 0 bridgehead atoms. The number of hydrogen-bond donors (Lipinski definition) is 0. The third-order valence-electron chi connectivity index (χ3n) is 5.10. The van der Waals surface area contributed by atoms with Crippen molar-refractivity contribution in [1.82, 2.24) is 0 Å². The van der Waals surface area contributed by atoms with Crippen molar-refractivity contribution in [1.29, 1.82) is 0 Å². The Kier molecular flexibility index (Phi) is 3.71. The maximum Gasteiger partial charge on any atom is 0.494 e. The van der Waals surface area contributed by atoms with Crippen LogP contribution in [0.4, 0.5) is 0 Å². The molecular weight excluding hydrogens is 302 g/mol. The lowest BCUT2D eigenvalue weighted by molar-refractivity contribution is 0.00578. The predicted molar refractivity (Wildman–Crippen MR) is 92.4 cm³/mol. The molecule has 2 aromatic rings. The molecule has 0 unspecified atom stereocenters. The van der Waals surface area contributed by atoms with Gasteiger partial charge in [0.25, 0.3) is 0 Å². The lowest BCUT2D eigenvalue weighted by Gasteiger charge is -2.31. The van der Waals surface area contributed by atoms with Crippen LogP contribution in [-0.4, -0.2) is 38.7 Å². The maximum absolute atomic E-state index is 6.14. The normalized spacial score (nSPS) is 31.8. The molecule has 0 spiro atoms. The number of benzene rings is 2. The Morgan fingerprint density at radius 3 is 1.21 bits per heavy atom. The van der Waals surface area contributed by atoms with Crippen molar-refractivity contribution in [3.05, 3.63) is 60.7 Å². The van der Waals surface area contributed by atoms with Crippen LogP contribution in [0.1, 0.15) is 12.8 Å². The first kappa shape index (κ1) is 14.7. The van der Waals surface area contributed by atoms with Gasteiger partial charge in [-0.3, -0.25) is 0 Å². The summed E-state index contributed by atoms with van der Waals surface area (Å²) in [5, 5.41) is 0. The second-order valence-electron chi connectivity index (χ2n) is 6.65. The van der Waals surface area contributed by atoms with E-state index >= 15 is 0 Å². The van der Waals surface area contributed by atoms with E-state index in [0.29, 0.717) is 0 Å². The topological polar surface area (TPSA) is 36.9 Å². The monoisotopic (exact) mass is 320 g/mol. The van der Waals surface area contributed by atoms with Gasteiger partial charge in [0.05, 0.1) is 24.4 Å². The lowest BCUT2D eigenvalue weighted by Crippen LogP contribution is -2.41. The molecule has 2 aliphatic heterocycles. The van der Waals surface area contributed by atoms with Gasteiger partial charge in [0.2, 0.25) is 0 Å². The first-order valence-electron chi connectivity index (χ1n) is 8.58. The fraction of sp³-hybridized carbons (Fsp3) is 0.333. The summed E-state index contributed by atoms with van der Waals surface area (Å²) in [5.74, 6) is 0. The molecule has 1 saturated carbocycles. The van der Waals surface area contributed by atoms with Crippen LogP contribution in [0, 0.1) is 0 Å². The van der Waals surface area contributed by atoms with Gasteiger partial charge in [0.15, 0.2) is 0 Å². The fourth-order valence-electron chi connectivity index (χ4n) is 3.87. The Morgan fingerprint density at radius 1 is 0.542 bits per heavy atom. The third-order valence-corrected chi connectivity index (χ3v) is 5.10. The van der Waals surface area contributed by atoms with Crippen LogP contribution in [-0.2, 0) is 18.6 Å². The van der Waals surface area contributed by atoms with E-state index in [2.05, 4.69) is 0 Å². The van der Waals surface area contributed by atoms with Gasteiger partial charge in [0, 0.05) is 12.8 Å². The molecule has 0 aromatic heterocycles. The van der Waals surface area contributed by atoms with Crippen LogP contribution >= 0.6 is 0 Å². The zero-order valence-electron chi connectivity index (χ0n) is 13.3. The van der Waals surface area contributed by atoms with Crippen LogP contribution in [0.2, 0.25) is 0 Å². The van der Waals surface area contributed by atoms with Crippen molar-refractivity contribution in [2.24, 2.45) is 0 Å². The number of hydrogen-bond acceptors (Lipinski definition) is 4. The van der Waals surface area contributed by atoms with Crippen molar-refractivity contribution in [3.63, 3.8) is 0 Å². The average molecular weight is 320 g/mol. The number of fused-ring (bicyclic) bond motifs is 2. The summed E-state index contributed by atoms with van der Waals surface area (Å²) in [6.07, 6.45) is 1.96. The Bertz CT molecular complexity index is 617. The van der Waals surface area contributed by atoms with Gasteiger partial charge in [-0.25, -0.2) is 0 Å². The minimum atomic E-state index is -0.273. The standard InChI is InChI=1S/C18H18B2O4/c1-3-7-13(8-4-1)19-21-15-11-17-18(12-16(15)22-19)24-20(23-17)14-9-5-2-6-10-14/h1-10,15-18H,11-12H2/t15-,16+,17-,18+. The third kappa shape index (κ3) is 2.60. The van der Waals surface area contributed by atoms with E-state index in [1.165, 1.54) is 0 Å². The summed E-state index contributed by atoms with van der Waals surface area (Å²) in [6.45, 7) is 0.